The highest BCUT2D eigenvalue weighted by Crippen LogP contribution is 2.16. The monoisotopic (exact) mass is 265 g/mol. The number of nitrogens with zero attached hydrogens (tertiary/aromatic N) is 1. The fourth-order valence-electron chi connectivity index (χ4n) is 1.74. The molecule has 0 unspecified atom stereocenters. The molecule has 0 saturated carbocycles. The summed E-state index contributed by atoms with van der Waals surface area (Å²) in [5, 5.41) is 0. The van der Waals surface area contributed by atoms with Gasteiger partial charge in [-0.2, -0.15) is 0 Å². The van der Waals surface area contributed by atoms with Crippen LogP contribution in [0.4, 0.5) is 0 Å². The van der Waals surface area contributed by atoms with Crippen LogP contribution in [0.5, 0.6) is 0 Å². The maximum atomic E-state index is 11.6. The predicted molar refractivity (Wildman–Crippen MR) is 75.7 cm³/mol. The van der Waals surface area contributed by atoms with Gasteiger partial charge in [0.2, 0.25) is 5.90 Å². The van der Waals surface area contributed by atoms with E-state index in [9.17, 15) is 4.79 Å². The van der Waals surface area contributed by atoms with Crippen molar-refractivity contribution in [3.8, 4) is 0 Å². The number of cyclic esters (lactones) is 1. The average Bonchev–Trinajstić information content (AvgIpc) is 3.09. The van der Waals surface area contributed by atoms with E-state index in [0.717, 1.165) is 5.56 Å². The molecule has 98 valence electrons. The number of carbonyl (C=O) groups excluding carboxylic acids is 1. The molecule has 0 atom stereocenters. The van der Waals surface area contributed by atoms with Crippen LogP contribution in [-0.2, 0) is 9.53 Å². The Morgan fingerprint density at radius 1 is 1.00 bits per heavy atom. The summed E-state index contributed by atoms with van der Waals surface area (Å²) < 4.78 is 10.2. The summed E-state index contributed by atoms with van der Waals surface area (Å²) in [5.74, 6) is 0.361. The summed E-state index contributed by atoms with van der Waals surface area (Å²) in [6.45, 7) is 0. The van der Waals surface area contributed by atoms with Crippen LogP contribution in [-0.4, -0.2) is 11.9 Å². The Labute approximate surface area is 115 Å². The minimum absolute atomic E-state index is 0.229. The number of rotatable bonds is 3. The maximum absolute atomic E-state index is 11.6. The van der Waals surface area contributed by atoms with Crippen LogP contribution in [0.1, 0.15) is 11.3 Å². The van der Waals surface area contributed by atoms with Crippen LogP contribution < -0.4 is 0 Å². The predicted octanol–water partition coefficient (Wildman–Crippen LogP) is 3.29. The van der Waals surface area contributed by atoms with E-state index in [-0.39, 0.29) is 11.6 Å². The second-order valence-electron chi connectivity index (χ2n) is 4.13. The Balaban J connectivity index is 1.79. The summed E-state index contributed by atoms with van der Waals surface area (Å²) >= 11 is 0. The average molecular weight is 265 g/mol. The molecule has 1 aromatic heterocycles. The van der Waals surface area contributed by atoms with Crippen molar-refractivity contribution in [2.24, 2.45) is 4.99 Å². The van der Waals surface area contributed by atoms with Gasteiger partial charge in [0.05, 0.1) is 6.26 Å². The Hall–Kier alpha value is -2.88. The molecule has 1 aliphatic heterocycles. The largest absolute Gasteiger partial charge is 0.465 e. The summed E-state index contributed by atoms with van der Waals surface area (Å²) in [7, 11) is 0. The van der Waals surface area contributed by atoms with Crippen LogP contribution >= 0.6 is 0 Å². The van der Waals surface area contributed by atoms with Crippen molar-refractivity contribution in [2.45, 2.75) is 0 Å². The van der Waals surface area contributed by atoms with E-state index < -0.39 is 5.97 Å². The third-order valence-corrected chi connectivity index (χ3v) is 2.68. The van der Waals surface area contributed by atoms with Crippen molar-refractivity contribution < 1.29 is 13.9 Å². The number of ether oxygens (including phenoxy) is 1. The van der Waals surface area contributed by atoms with Crippen molar-refractivity contribution in [3.63, 3.8) is 0 Å². The highest BCUT2D eigenvalue weighted by Gasteiger charge is 2.21. The molecule has 0 saturated heterocycles. The van der Waals surface area contributed by atoms with Crippen molar-refractivity contribution in [3.05, 3.63) is 71.8 Å². The molecule has 0 fully saturated rings. The van der Waals surface area contributed by atoms with E-state index in [0.29, 0.717) is 5.76 Å². The first-order chi connectivity index (χ1) is 9.81. The van der Waals surface area contributed by atoms with Gasteiger partial charge in [0, 0.05) is 12.2 Å². The quantitative estimate of drug-likeness (QED) is 0.632. The second kappa shape index (κ2) is 5.40. The fraction of sp³-hybridized carbons (Fsp3) is 0. The van der Waals surface area contributed by atoms with Gasteiger partial charge >= 0.3 is 5.97 Å². The highest BCUT2D eigenvalue weighted by atomic mass is 16.6. The molecule has 0 spiro atoms. The maximum Gasteiger partial charge on any atom is 0.363 e. The SMILES string of the molecule is O=C1OC(/C=C/c2ccccc2)=NC/1=C\c1ccco1. The van der Waals surface area contributed by atoms with Gasteiger partial charge in [-0.25, -0.2) is 9.79 Å². The second-order valence-corrected chi connectivity index (χ2v) is 4.13. The molecule has 0 amide bonds. The van der Waals surface area contributed by atoms with Crippen molar-refractivity contribution >= 4 is 24.0 Å². The van der Waals surface area contributed by atoms with Gasteiger partial charge in [0.15, 0.2) is 5.70 Å². The summed E-state index contributed by atoms with van der Waals surface area (Å²) in [6.07, 6.45) is 6.58. The molecule has 0 radical (unpaired) electrons. The summed E-state index contributed by atoms with van der Waals surface area (Å²) in [5.41, 5.74) is 1.24. The topological polar surface area (TPSA) is 51.8 Å². The lowest BCUT2D eigenvalue weighted by molar-refractivity contribution is -0.129. The van der Waals surface area contributed by atoms with Crippen molar-refractivity contribution in [2.75, 3.05) is 0 Å². The third-order valence-electron chi connectivity index (χ3n) is 2.68. The fourth-order valence-corrected chi connectivity index (χ4v) is 1.74. The summed E-state index contributed by atoms with van der Waals surface area (Å²) in [4.78, 5) is 15.8. The van der Waals surface area contributed by atoms with Crippen LogP contribution in [0.2, 0.25) is 0 Å². The number of aliphatic imine (C=N–C) groups is 1. The first-order valence-corrected chi connectivity index (χ1v) is 6.10. The number of hydrogen-bond donors (Lipinski definition) is 0. The molecule has 0 aliphatic carbocycles. The Morgan fingerprint density at radius 3 is 2.60 bits per heavy atom. The first kappa shape index (κ1) is 12.2. The van der Waals surface area contributed by atoms with Gasteiger partial charge in [-0.1, -0.05) is 30.3 Å². The van der Waals surface area contributed by atoms with Crippen LogP contribution in [0.3, 0.4) is 0 Å². The van der Waals surface area contributed by atoms with Crippen LogP contribution in [0, 0.1) is 0 Å². The normalized spacial score (nSPS) is 16.7. The molecular weight excluding hydrogens is 254 g/mol. The molecule has 20 heavy (non-hydrogen) atoms. The molecule has 0 bridgehead atoms. The number of hydrogen-bond acceptors (Lipinski definition) is 4. The Morgan fingerprint density at radius 2 is 1.85 bits per heavy atom. The molecule has 4 nitrogen and oxygen atoms in total. The van der Waals surface area contributed by atoms with Gasteiger partial charge < -0.3 is 9.15 Å². The third kappa shape index (κ3) is 2.75. The summed E-state index contributed by atoms with van der Waals surface area (Å²) in [6, 6.07) is 13.2. The molecule has 0 N–H and O–H groups in total. The van der Waals surface area contributed by atoms with E-state index in [4.69, 9.17) is 9.15 Å². The van der Waals surface area contributed by atoms with Gasteiger partial charge in [-0.05, 0) is 23.8 Å². The molecule has 1 aromatic carbocycles. The number of carbonyl (C=O) groups is 1. The van der Waals surface area contributed by atoms with E-state index in [2.05, 4.69) is 4.99 Å². The number of benzene rings is 1. The van der Waals surface area contributed by atoms with E-state index in [1.54, 1.807) is 24.3 Å². The smallest absolute Gasteiger partial charge is 0.363 e. The lowest BCUT2D eigenvalue weighted by atomic mass is 10.2. The van der Waals surface area contributed by atoms with Gasteiger partial charge in [-0.15, -0.1) is 0 Å². The molecule has 3 rings (SSSR count). The zero-order chi connectivity index (χ0) is 13.8. The highest BCUT2D eigenvalue weighted by molar-refractivity contribution is 6.11. The zero-order valence-electron chi connectivity index (χ0n) is 10.5. The van der Waals surface area contributed by atoms with Crippen LogP contribution in [0.15, 0.2) is 69.9 Å². The number of furan rings is 1. The standard InChI is InChI=1S/C16H11NO3/c18-16-14(11-13-7-4-10-19-13)17-15(20-16)9-8-12-5-2-1-3-6-12/h1-11H/b9-8+,14-11-. The Kier molecular flexibility index (Phi) is 3.29. The van der Waals surface area contributed by atoms with Gasteiger partial charge in [-0.3, -0.25) is 0 Å². The van der Waals surface area contributed by atoms with Crippen LogP contribution in [0.25, 0.3) is 12.2 Å². The lowest BCUT2D eigenvalue weighted by Gasteiger charge is -1.92. The zero-order valence-corrected chi connectivity index (χ0v) is 10.5. The minimum atomic E-state index is -0.478. The number of esters is 1. The van der Waals surface area contributed by atoms with Gasteiger partial charge in [0.1, 0.15) is 5.76 Å². The molecule has 1 aliphatic rings. The Bertz CT molecular complexity index is 695. The van der Waals surface area contributed by atoms with E-state index >= 15 is 0 Å². The van der Waals surface area contributed by atoms with E-state index in [1.807, 2.05) is 36.4 Å². The first-order valence-electron chi connectivity index (χ1n) is 6.10. The molecule has 2 heterocycles. The minimum Gasteiger partial charge on any atom is -0.465 e. The lowest BCUT2D eigenvalue weighted by Crippen LogP contribution is -2.00. The molecule has 4 heteroatoms. The molecular formula is C16H11NO3. The molecule has 2 aromatic rings. The van der Waals surface area contributed by atoms with Crippen molar-refractivity contribution in [1.82, 2.24) is 0 Å². The van der Waals surface area contributed by atoms with Crippen molar-refractivity contribution in [1.29, 1.82) is 0 Å². The van der Waals surface area contributed by atoms with Gasteiger partial charge in [0.25, 0.3) is 0 Å². The van der Waals surface area contributed by atoms with E-state index in [1.165, 1.54) is 6.26 Å².